The van der Waals surface area contributed by atoms with E-state index < -0.39 is 0 Å². The highest BCUT2D eigenvalue weighted by Crippen LogP contribution is 2.21. The van der Waals surface area contributed by atoms with Gasteiger partial charge in [0.05, 0.1) is 31.8 Å². The average molecular weight is 199 g/mol. The maximum atomic E-state index is 11.9. The van der Waals surface area contributed by atoms with Crippen LogP contribution in [0.15, 0.2) is 0 Å². The molecule has 0 radical (unpaired) electrons. The Bertz CT molecular complexity index is 207. The summed E-state index contributed by atoms with van der Waals surface area (Å²) in [7, 11) is 0. The molecule has 0 saturated carbocycles. The van der Waals surface area contributed by atoms with Gasteiger partial charge in [-0.25, -0.2) is 0 Å². The van der Waals surface area contributed by atoms with Gasteiger partial charge in [-0.15, -0.1) is 0 Å². The Kier molecular flexibility index (Phi) is 3.03. The fourth-order valence-corrected chi connectivity index (χ4v) is 2.03. The molecule has 2 unspecified atom stereocenters. The normalized spacial score (nSPS) is 33.4. The number of amides is 1. The molecular formula is C10H17NO3. The van der Waals surface area contributed by atoms with Crippen molar-refractivity contribution in [2.24, 2.45) is 5.92 Å². The second-order valence-electron chi connectivity index (χ2n) is 4.01. The van der Waals surface area contributed by atoms with Crippen molar-refractivity contribution >= 4 is 5.91 Å². The third kappa shape index (κ3) is 2.07. The van der Waals surface area contributed by atoms with Crippen LogP contribution < -0.4 is 0 Å². The highest BCUT2D eigenvalue weighted by Gasteiger charge is 2.31. The molecule has 80 valence electrons. The third-order valence-corrected chi connectivity index (χ3v) is 2.87. The fraction of sp³-hybridized carbons (Fsp3) is 0.900. The van der Waals surface area contributed by atoms with Crippen LogP contribution in [0.1, 0.15) is 13.3 Å². The van der Waals surface area contributed by atoms with Gasteiger partial charge in [0.1, 0.15) is 0 Å². The average Bonchev–Trinajstić information content (AvgIpc) is 2.65. The summed E-state index contributed by atoms with van der Waals surface area (Å²) in [6.45, 7) is 5.45. The minimum atomic E-state index is 0.0862. The first kappa shape index (κ1) is 9.93. The first-order valence-corrected chi connectivity index (χ1v) is 5.25. The maximum Gasteiger partial charge on any atom is 0.228 e. The zero-order valence-electron chi connectivity index (χ0n) is 8.57. The van der Waals surface area contributed by atoms with E-state index in [1.807, 2.05) is 11.8 Å². The van der Waals surface area contributed by atoms with Crippen molar-refractivity contribution in [2.75, 3.05) is 32.9 Å². The number of morpholine rings is 1. The molecule has 4 heteroatoms. The van der Waals surface area contributed by atoms with Gasteiger partial charge in [-0.2, -0.15) is 0 Å². The van der Waals surface area contributed by atoms with Gasteiger partial charge in [0.25, 0.3) is 0 Å². The second-order valence-corrected chi connectivity index (χ2v) is 4.01. The van der Waals surface area contributed by atoms with Gasteiger partial charge in [-0.1, -0.05) is 0 Å². The van der Waals surface area contributed by atoms with Crippen LogP contribution in [-0.2, 0) is 14.3 Å². The van der Waals surface area contributed by atoms with Crippen molar-refractivity contribution in [3.63, 3.8) is 0 Å². The molecule has 0 N–H and O–H groups in total. The summed E-state index contributed by atoms with van der Waals surface area (Å²) in [4.78, 5) is 13.8. The molecule has 2 atom stereocenters. The van der Waals surface area contributed by atoms with Crippen molar-refractivity contribution in [1.82, 2.24) is 4.90 Å². The van der Waals surface area contributed by atoms with Crippen LogP contribution in [0.5, 0.6) is 0 Å². The molecule has 0 aromatic carbocycles. The van der Waals surface area contributed by atoms with Crippen molar-refractivity contribution in [2.45, 2.75) is 19.4 Å². The number of carbonyl (C=O) groups is 1. The Morgan fingerprint density at radius 2 is 2.07 bits per heavy atom. The van der Waals surface area contributed by atoms with E-state index in [9.17, 15) is 4.79 Å². The summed E-state index contributed by atoms with van der Waals surface area (Å²) in [5, 5.41) is 0. The molecule has 0 bridgehead atoms. The van der Waals surface area contributed by atoms with E-state index >= 15 is 0 Å². The van der Waals surface area contributed by atoms with Gasteiger partial charge < -0.3 is 14.4 Å². The van der Waals surface area contributed by atoms with E-state index in [0.29, 0.717) is 19.8 Å². The van der Waals surface area contributed by atoms with Crippen LogP contribution in [0, 0.1) is 5.92 Å². The van der Waals surface area contributed by atoms with E-state index in [4.69, 9.17) is 9.47 Å². The van der Waals surface area contributed by atoms with Crippen LogP contribution in [0.3, 0.4) is 0 Å². The lowest BCUT2D eigenvalue weighted by Crippen LogP contribution is -2.43. The van der Waals surface area contributed by atoms with Gasteiger partial charge in [0.15, 0.2) is 0 Å². The van der Waals surface area contributed by atoms with Crippen LogP contribution in [0.25, 0.3) is 0 Å². The number of ether oxygens (including phenoxy) is 2. The lowest BCUT2D eigenvalue weighted by atomic mass is 10.0. The number of hydrogen-bond acceptors (Lipinski definition) is 3. The van der Waals surface area contributed by atoms with E-state index in [1.165, 1.54) is 0 Å². The number of carbonyl (C=O) groups excluding carboxylic acids is 1. The molecular weight excluding hydrogens is 182 g/mol. The molecule has 0 aromatic heterocycles. The predicted octanol–water partition coefficient (Wildman–Crippen LogP) is 0.270. The van der Waals surface area contributed by atoms with E-state index in [1.54, 1.807) is 0 Å². The summed E-state index contributed by atoms with van der Waals surface area (Å²) in [6, 6.07) is 0. The van der Waals surface area contributed by atoms with Crippen molar-refractivity contribution in [1.29, 1.82) is 0 Å². The first-order chi connectivity index (χ1) is 6.77. The van der Waals surface area contributed by atoms with Gasteiger partial charge in [0.2, 0.25) is 5.91 Å². The number of nitrogens with zero attached hydrogens (tertiary/aromatic N) is 1. The number of rotatable bonds is 1. The molecule has 14 heavy (non-hydrogen) atoms. The van der Waals surface area contributed by atoms with E-state index in [2.05, 4.69) is 0 Å². The Labute approximate surface area is 84.2 Å². The summed E-state index contributed by atoms with van der Waals surface area (Å²) in [5.74, 6) is 0.334. The standard InChI is InChI=1S/C10H17NO3/c1-8-6-9(7-14-8)10(12)11-2-4-13-5-3-11/h8-9H,2-7H2,1H3. The molecule has 2 saturated heterocycles. The Morgan fingerprint density at radius 3 is 2.64 bits per heavy atom. The van der Waals surface area contributed by atoms with Gasteiger partial charge in [-0.05, 0) is 13.3 Å². The van der Waals surface area contributed by atoms with Gasteiger partial charge in [-0.3, -0.25) is 4.79 Å². The Hall–Kier alpha value is -0.610. The largest absolute Gasteiger partial charge is 0.378 e. The molecule has 0 aliphatic carbocycles. The van der Waals surface area contributed by atoms with Crippen LogP contribution in [0.2, 0.25) is 0 Å². The van der Waals surface area contributed by atoms with Crippen LogP contribution in [0.4, 0.5) is 0 Å². The van der Waals surface area contributed by atoms with Gasteiger partial charge in [0, 0.05) is 13.1 Å². The first-order valence-electron chi connectivity index (χ1n) is 5.25. The highest BCUT2D eigenvalue weighted by molar-refractivity contribution is 5.79. The zero-order valence-corrected chi connectivity index (χ0v) is 8.57. The maximum absolute atomic E-state index is 11.9. The lowest BCUT2D eigenvalue weighted by Gasteiger charge is -2.28. The summed E-state index contributed by atoms with van der Waals surface area (Å²) in [6.07, 6.45) is 1.11. The Morgan fingerprint density at radius 1 is 1.36 bits per heavy atom. The minimum Gasteiger partial charge on any atom is -0.378 e. The molecule has 2 fully saturated rings. The lowest BCUT2D eigenvalue weighted by molar-refractivity contribution is -0.139. The minimum absolute atomic E-state index is 0.0862. The predicted molar refractivity (Wildman–Crippen MR) is 50.9 cm³/mol. The van der Waals surface area contributed by atoms with Crippen LogP contribution >= 0.6 is 0 Å². The molecule has 2 heterocycles. The molecule has 0 aromatic rings. The third-order valence-electron chi connectivity index (χ3n) is 2.87. The number of hydrogen-bond donors (Lipinski definition) is 0. The quantitative estimate of drug-likeness (QED) is 0.608. The van der Waals surface area contributed by atoms with Crippen molar-refractivity contribution in [3.8, 4) is 0 Å². The summed E-state index contributed by atoms with van der Waals surface area (Å²) >= 11 is 0. The summed E-state index contributed by atoms with van der Waals surface area (Å²) in [5.41, 5.74) is 0. The molecule has 2 aliphatic rings. The SMILES string of the molecule is CC1CC(C(=O)N2CCOCC2)CO1. The van der Waals surface area contributed by atoms with Crippen LogP contribution in [-0.4, -0.2) is 49.8 Å². The molecule has 2 aliphatic heterocycles. The second kappa shape index (κ2) is 4.28. The Balaban J connectivity index is 1.87. The monoisotopic (exact) mass is 199 g/mol. The van der Waals surface area contributed by atoms with E-state index in [0.717, 1.165) is 19.5 Å². The van der Waals surface area contributed by atoms with E-state index in [-0.39, 0.29) is 17.9 Å². The molecule has 0 spiro atoms. The highest BCUT2D eigenvalue weighted by atomic mass is 16.5. The molecule has 4 nitrogen and oxygen atoms in total. The molecule has 2 rings (SSSR count). The molecule has 1 amide bonds. The summed E-state index contributed by atoms with van der Waals surface area (Å²) < 4.78 is 10.6. The topological polar surface area (TPSA) is 38.8 Å². The van der Waals surface area contributed by atoms with Crippen molar-refractivity contribution < 1.29 is 14.3 Å². The fourth-order valence-electron chi connectivity index (χ4n) is 2.03. The smallest absolute Gasteiger partial charge is 0.228 e. The zero-order chi connectivity index (χ0) is 9.97. The van der Waals surface area contributed by atoms with Gasteiger partial charge >= 0.3 is 0 Å². The van der Waals surface area contributed by atoms with Crippen molar-refractivity contribution in [3.05, 3.63) is 0 Å².